The van der Waals surface area contributed by atoms with Gasteiger partial charge in [0, 0.05) is 12.8 Å². The van der Waals surface area contributed by atoms with Crippen molar-refractivity contribution in [3.05, 3.63) is 60.2 Å². The Kier molecular flexibility index (Phi) is 7.50. The molecule has 0 aliphatic heterocycles. The van der Waals surface area contributed by atoms with Crippen LogP contribution < -0.4 is 15.5 Å². The maximum atomic E-state index is 12.2. The predicted octanol–water partition coefficient (Wildman–Crippen LogP) is 3.86. The molecule has 2 N–H and O–H groups in total. The maximum absolute atomic E-state index is 12.2. The molecule has 0 radical (unpaired) electrons. The topological polar surface area (TPSA) is 62.7 Å². The first kappa shape index (κ1) is 18.5. The highest BCUT2D eigenvalue weighted by Gasteiger charge is 2.14. The highest BCUT2D eigenvalue weighted by atomic mass is 16.5. The maximum Gasteiger partial charge on any atom is 0.244 e. The minimum Gasteiger partial charge on any atom is -0.457 e. The van der Waals surface area contributed by atoms with Crippen LogP contribution in [-0.4, -0.2) is 18.2 Å². The van der Waals surface area contributed by atoms with Gasteiger partial charge >= 0.3 is 0 Å². The number of hydrogen-bond donors (Lipinski definition) is 2. The molecule has 5 heteroatoms. The minimum atomic E-state index is -0.327. The quantitative estimate of drug-likeness (QED) is 0.539. The number of rotatable bonds is 9. The fourth-order valence-electron chi connectivity index (χ4n) is 2.23. The number of carbonyl (C=O) groups is 1. The summed E-state index contributed by atoms with van der Waals surface area (Å²) in [6.07, 6.45) is 3.25. The van der Waals surface area contributed by atoms with E-state index < -0.39 is 0 Å². The highest BCUT2D eigenvalue weighted by Crippen LogP contribution is 2.21. The van der Waals surface area contributed by atoms with Gasteiger partial charge in [0.25, 0.3) is 0 Å². The van der Waals surface area contributed by atoms with Crippen molar-refractivity contribution in [3.63, 3.8) is 0 Å². The fourth-order valence-corrected chi connectivity index (χ4v) is 2.23. The van der Waals surface area contributed by atoms with Crippen LogP contribution >= 0.6 is 0 Å². The summed E-state index contributed by atoms with van der Waals surface area (Å²) >= 11 is 0. The summed E-state index contributed by atoms with van der Waals surface area (Å²) in [6.45, 7) is 4.39. The van der Waals surface area contributed by atoms with Crippen LogP contribution in [0.4, 0.5) is 0 Å². The van der Waals surface area contributed by atoms with Gasteiger partial charge in [-0.05, 0) is 42.7 Å². The van der Waals surface area contributed by atoms with Crippen molar-refractivity contribution in [1.29, 1.82) is 0 Å². The lowest BCUT2D eigenvalue weighted by Gasteiger charge is -2.15. The number of amides is 1. The van der Waals surface area contributed by atoms with E-state index in [1.54, 1.807) is 6.21 Å². The predicted molar refractivity (Wildman–Crippen MR) is 101 cm³/mol. The first-order valence-corrected chi connectivity index (χ1v) is 8.59. The van der Waals surface area contributed by atoms with E-state index in [1.165, 1.54) is 0 Å². The van der Waals surface area contributed by atoms with Gasteiger partial charge in [0.1, 0.15) is 17.5 Å². The van der Waals surface area contributed by atoms with Gasteiger partial charge in [0.2, 0.25) is 5.91 Å². The Bertz CT molecular complexity index is 686. The van der Waals surface area contributed by atoms with Crippen molar-refractivity contribution >= 4 is 12.1 Å². The van der Waals surface area contributed by atoms with Crippen LogP contribution in [0.15, 0.2) is 59.7 Å². The Morgan fingerprint density at radius 3 is 2.60 bits per heavy atom. The van der Waals surface area contributed by atoms with E-state index in [0.29, 0.717) is 13.0 Å². The summed E-state index contributed by atoms with van der Waals surface area (Å²) in [5, 5.41) is 6.98. The fraction of sp³-hybridized carbons (Fsp3) is 0.300. The molecule has 0 fully saturated rings. The third-order valence-electron chi connectivity index (χ3n) is 3.57. The number of hydrogen-bond acceptors (Lipinski definition) is 4. The molecule has 1 amide bonds. The highest BCUT2D eigenvalue weighted by molar-refractivity contribution is 5.81. The summed E-state index contributed by atoms with van der Waals surface area (Å²) < 4.78 is 5.82. The summed E-state index contributed by atoms with van der Waals surface area (Å²) in [5.41, 5.74) is 3.86. The van der Waals surface area contributed by atoms with Gasteiger partial charge in [-0.3, -0.25) is 10.2 Å². The van der Waals surface area contributed by atoms with Crippen LogP contribution in [0.1, 0.15) is 32.3 Å². The van der Waals surface area contributed by atoms with Gasteiger partial charge in [-0.15, -0.1) is 0 Å². The van der Waals surface area contributed by atoms with E-state index in [2.05, 4.69) is 15.8 Å². The molecule has 0 heterocycles. The molecule has 0 bridgehead atoms. The summed E-state index contributed by atoms with van der Waals surface area (Å²) in [4.78, 5) is 12.2. The smallest absolute Gasteiger partial charge is 0.244 e. The summed E-state index contributed by atoms with van der Waals surface area (Å²) in [7, 11) is 0. The van der Waals surface area contributed by atoms with Crippen molar-refractivity contribution in [1.82, 2.24) is 10.7 Å². The van der Waals surface area contributed by atoms with E-state index >= 15 is 0 Å². The van der Waals surface area contributed by atoms with Gasteiger partial charge in [-0.2, -0.15) is 5.10 Å². The minimum absolute atomic E-state index is 0.0647. The van der Waals surface area contributed by atoms with Crippen LogP contribution in [0.5, 0.6) is 11.5 Å². The van der Waals surface area contributed by atoms with Gasteiger partial charge < -0.3 is 10.1 Å². The van der Waals surface area contributed by atoms with Crippen LogP contribution in [0.25, 0.3) is 0 Å². The molecule has 0 saturated carbocycles. The molecule has 0 aromatic heterocycles. The average Bonchev–Trinajstić information content (AvgIpc) is 2.64. The second-order valence-corrected chi connectivity index (χ2v) is 5.59. The molecule has 132 valence electrons. The number of para-hydroxylation sites is 1. The molecule has 0 aliphatic rings. The summed E-state index contributed by atoms with van der Waals surface area (Å²) in [5.74, 6) is 1.47. The molecule has 2 rings (SSSR count). The zero-order chi connectivity index (χ0) is 17.9. The second kappa shape index (κ2) is 10.1. The zero-order valence-electron chi connectivity index (χ0n) is 14.7. The average molecular weight is 339 g/mol. The molecule has 1 atom stereocenters. The molecular weight excluding hydrogens is 314 g/mol. The number of carbonyl (C=O) groups excluding carboxylic acids is 1. The number of ether oxygens (including phenoxy) is 1. The normalized spacial score (nSPS) is 11.9. The van der Waals surface area contributed by atoms with E-state index in [0.717, 1.165) is 23.5 Å². The number of hydrazone groups is 1. The lowest BCUT2D eigenvalue weighted by molar-refractivity contribution is -0.123. The van der Waals surface area contributed by atoms with Crippen LogP contribution in [0.3, 0.4) is 0 Å². The molecule has 2 aromatic carbocycles. The molecule has 1 unspecified atom stereocenters. The van der Waals surface area contributed by atoms with E-state index in [1.807, 2.05) is 68.4 Å². The van der Waals surface area contributed by atoms with E-state index in [4.69, 9.17) is 4.74 Å². The van der Waals surface area contributed by atoms with E-state index in [-0.39, 0.29) is 11.9 Å². The zero-order valence-corrected chi connectivity index (χ0v) is 14.7. The number of benzene rings is 2. The van der Waals surface area contributed by atoms with Crippen LogP contribution in [0, 0.1) is 0 Å². The number of nitrogens with one attached hydrogen (secondary N) is 2. The van der Waals surface area contributed by atoms with Crippen molar-refractivity contribution in [3.8, 4) is 11.5 Å². The van der Waals surface area contributed by atoms with Gasteiger partial charge in [-0.1, -0.05) is 44.2 Å². The third kappa shape index (κ3) is 6.30. The Balaban J connectivity index is 1.90. The molecule has 0 saturated heterocycles. The summed E-state index contributed by atoms with van der Waals surface area (Å²) in [6, 6.07) is 17.0. The molecule has 0 aliphatic carbocycles. The SMILES string of the molecule is CC/C=N\NC(CC)C(=O)NCc1cccc(Oc2ccccc2)c1. The Morgan fingerprint density at radius 1 is 1.12 bits per heavy atom. The van der Waals surface area contributed by atoms with Gasteiger partial charge in [0.05, 0.1) is 0 Å². The first-order valence-electron chi connectivity index (χ1n) is 8.59. The molecule has 25 heavy (non-hydrogen) atoms. The molecule has 0 spiro atoms. The molecular formula is C20H25N3O2. The Labute approximate surface area is 149 Å². The third-order valence-corrected chi connectivity index (χ3v) is 3.57. The first-order chi connectivity index (χ1) is 12.2. The van der Waals surface area contributed by atoms with Gasteiger partial charge in [0.15, 0.2) is 0 Å². The lowest BCUT2D eigenvalue weighted by Crippen LogP contribution is -2.41. The van der Waals surface area contributed by atoms with Crippen LogP contribution in [0.2, 0.25) is 0 Å². The van der Waals surface area contributed by atoms with Crippen molar-refractivity contribution < 1.29 is 9.53 Å². The Hall–Kier alpha value is -2.82. The second-order valence-electron chi connectivity index (χ2n) is 5.59. The largest absolute Gasteiger partial charge is 0.457 e. The monoisotopic (exact) mass is 339 g/mol. The number of nitrogens with zero attached hydrogens (tertiary/aromatic N) is 1. The van der Waals surface area contributed by atoms with Gasteiger partial charge in [-0.25, -0.2) is 0 Å². The standard InChI is InChI=1S/C20H25N3O2/c1-3-13-22-23-19(4-2)20(24)21-15-16-9-8-12-18(14-16)25-17-10-6-5-7-11-17/h5-14,19,23H,3-4,15H2,1-2H3,(H,21,24)/b22-13-. The van der Waals surface area contributed by atoms with E-state index in [9.17, 15) is 4.79 Å². The Morgan fingerprint density at radius 2 is 1.88 bits per heavy atom. The molecule has 5 nitrogen and oxygen atoms in total. The van der Waals surface area contributed by atoms with Crippen molar-refractivity contribution in [2.75, 3.05) is 0 Å². The van der Waals surface area contributed by atoms with Crippen molar-refractivity contribution in [2.45, 2.75) is 39.3 Å². The van der Waals surface area contributed by atoms with Crippen molar-refractivity contribution in [2.24, 2.45) is 5.10 Å². The van der Waals surface area contributed by atoms with Crippen LogP contribution in [-0.2, 0) is 11.3 Å². The lowest BCUT2D eigenvalue weighted by atomic mass is 10.2. The molecule has 2 aromatic rings.